The minimum absolute atomic E-state index is 0.00474. The number of carbonyl (C=O) groups excluding carboxylic acids is 2. The van der Waals surface area contributed by atoms with Gasteiger partial charge in [0.25, 0.3) is 5.91 Å². The van der Waals surface area contributed by atoms with Crippen LogP contribution in [0.25, 0.3) is 5.69 Å². The van der Waals surface area contributed by atoms with Crippen LogP contribution in [0.3, 0.4) is 0 Å². The Morgan fingerprint density at radius 1 is 1.07 bits per heavy atom. The second kappa shape index (κ2) is 8.80. The van der Waals surface area contributed by atoms with E-state index in [1.807, 2.05) is 41.2 Å². The SMILES string of the molecule is CC(=O)c1ccc(OCC(=O)NCCc2cnn(-c3ccccc3)c2)cc1. The smallest absolute Gasteiger partial charge is 0.257 e. The highest BCUT2D eigenvalue weighted by atomic mass is 16.5. The van der Waals surface area contributed by atoms with Crippen molar-refractivity contribution >= 4 is 11.7 Å². The van der Waals surface area contributed by atoms with Gasteiger partial charge >= 0.3 is 0 Å². The van der Waals surface area contributed by atoms with Gasteiger partial charge in [-0.05, 0) is 55.3 Å². The number of benzene rings is 2. The van der Waals surface area contributed by atoms with Crippen LogP contribution in [0.4, 0.5) is 0 Å². The number of aromatic nitrogens is 2. The fourth-order valence-corrected chi connectivity index (χ4v) is 2.54. The number of carbonyl (C=O) groups is 2. The molecule has 0 aliphatic rings. The molecule has 3 rings (SSSR count). The van der Waals surface area contributed by atoms with Gasteiger partial charge in [-0.15, -0.1) is 0 Å². The summed E-state index contributed by atoms with van der Waals surface area (Å²) in [7, 11) is 0. The lowest BCUT2D eigenvalue weighted by molar-refractivity contribution is -0.123. The number of nitrogens with zero attached hydrogens (tertiary/aromatic N) is 2. The van der Waals surface area contributed by atoms with Crippen molar-refractivity contribution in [2.45, 2.75) is 13.3 Å². The number of para-hydroxylation sites is 1. The number of Topliss-reactive ketones (excluding diaryl/α,β-unsaturated/α-hetero) is 1. The molecule has 3 aromatic rings. The predicted octanol–water partition coefficient (Wildman–Crippen LogP) is 2.81. The summed E-state index contributed by atoms with van der Waals surface area (Å²) in [5, 5.41) is 7.16. The lowest BCUT2D eigenvalue weighted by Gasteiger charge is -2.07. The van der Waals surface area contributed by atoms with E-state index in [2.05, 4.69) is 10.4 Å². The van der Waals surface area contributed by atoms with Gasteiger partial charge in [-0.3, -0.25) is 9.59 Å². The third kappa shape index (κ3) is 5.28. The number of hydrogen-bond donors (Lipinski definition) is 1. The third-order valence-corrected chi connectivity index (χ3v) is 4.02. The maximum Gasteiger partial charge on any atom is 0.257 e. The molecule has 1 N–H and O–H groups in total. The Morgan fingerprint density at radius 3 is 2.52 bits per heavy atom. The molecule has 0 fully saturated rings. The summed E-state index contributed by atoms with van der Waals surface area (Å²) in [6.45, 7) is 1.95. The maximum atomic E-state index is 11.9. The third-order valence-electron chi connectivity index (χ3n) is 4.02. The molecule has 0 aliphatic heterocycles. The van der Waals surface area contributed by atoms with E-state index >= 15 is 0 Å². The molecular weight excluding hydrogens is 342 g/mol. The van der Waals surface area contributed by atoms with Crippen LogP contribution in [0, 0.1) is 0 Å². The first-order valence-corrected chi connectivity index (χ1v) is 8.71. The summed E-state index contributed by atoms with van der Waals surface area (Å²) < 4.78 is 7.24. The summed E-state index contributed by atoms with van der Waals surface area (Å²) in [6.07, 6.45) is 4.44. The molecule has 0 aliphatic carbocycles. The number of ether oxygens (including phenoxy) is 1. The van der Waals surface area contributed by atoms with Crippen LogP contribution in [-0.2, 0) is 11.2 Å². The monoisotopic (exact) mass is 363 g/mol. The average molecular weight is 363 g/mol. The first kappa shape index (κ1) is 18.4. The Balaban J connectivity index is 1.41. The average Bonchev–Trinajstić information content (AvgIpc) is 3.16. The molecule has 0 saturated carbocycles. The van der Waals surface area contributed by atoms with Crippen LogP contribution >= 0.6 is 0 Å². The molecule has 1 heterocycles. The van der Waals surface area contributed by atoms with Gasteiger partial charge in [-0.25, -0.2) is 4.68 Å². The highest BCUT2D eigenvalue weighted by Crippen LogP contribution is 2.12. The predicted molar refractivity (Wildman–Crippen MR) is 102 cm³/mol. The van der Waals surface area contributed by atoms with Crippen LogP contribution in [0.15, 0.2) is 67.0 Å². The number of ketones is 1. The Hall–Kier alpha value is -3.41. The van der Waals surface area contributed by atoms with Crippen molar-refractivity contribution in [3.8, 4) is 11.4 Å². The molecular formula is C21H21N3O3. The van der Waals surface area contributed by atoms with Crippen LogP contribution in [0.2, 0.25) is 0 Å². The number of nitrogens with one attached hydrogen (secondary N) is 1. The number of rotatable bonds is 8. The molecule has 1 amide bonds. The lowest BCUT2D eigenvalue weighted by Crippen LogP contribution is -2.30. The van der Waals surface area contributed by atoms with Gasteiger partial charge in [0.15, 0.2) is 12.4 Å². The van der Waals surface area contributed by atoms with Gasteiger partial charge in [0.2, 0.25) is 0 Å². The van der Waals surface area contributed by atoms with E-state index in [0.717, 1.165) is 11.3 Å². The Labute approximate surface area is 157 Å². The van der Waals surface area contributed by atoms with Crippen LogP contribution in [0.1, 0.15) is 22.8 Å². The summed E-state index contributed by atoms with van der Waals surface area (Å²) >= 11 is 0. The first-order chi connectivity index (χ1) is 13.1. The molecule has 1 aromatic heterocycles. The zero-order chi connectivity index (χ0) is 19.1. The number of amides is 1. The topological polar surface area (TPSA) is 73.2 Å². The van der Waals surface area contributed by atoms with E-state index in [4.69, 9.17) is 4.74 Å². The fourth-order valence-electron chi connectivity index (χ4n) is 2.54. The molecule has 6 nitrogen and oxygen atoms in total. The Morgan fingerprint density at radius 2 is 1.81 bits per heavy atom. The fraction of sp³-hybridized carbons (Fsp3) is 0.190. The Bertz CT molecular complexity index is 902. The highest BCUT2D eigenvalue weighted by molar-refractivity contribution is 5.94. The lowest BCUT2D eigenvalue weighted by atomic mass is 10.1. The van der Waals surface area contributed by atoms with Crippen molar-refractivity contribution in [3.63, 3.8) is 0 Å². The zero-order valence-corrected chi connectivity index (χ0v) is 15.1. The first-order valence-electron chi connectivity index (χ1n) is 8.71. The van der Waals surface area contributed by atoms with Gasteiger partial charge in [-0.2, -0.15) is 5.10 Å². The minimum Gasteiger partial charge on any atom is -0.484 e. The minimum atomic E-state index is -0.193. The standard InChI is InChI=1S/C21H21N3O3/c1-16(25)18-7-9-20(10-8-18)27-15-21(26)22-12-11-17-13-23-24(14-17)19-5-3-2-4-6-19/h2-10,13-14H,11-12,15H2,1H3,(H,22,26). The molecule has 0 unspecified atom stereocenters. The van der Waals surface area contributed by atoms with E-state index in [-0.39, 0.29) is 18.3 Å². The van der Waals surface area contributed by atoms with Crippen molar-refractivity contribution in [2.24, 2.45) is 0 Å². The maximum absolute atomic E-state index is 11.9. The van der Waals surface area contributed by atoms with E-state index in [1.165, 1.54) is 6.92 Å². The molecule has 138 valence electrons. The van der Waals surface area contributed by atoms with Crippen molar-refractivity contribution in [1.29, 1.82) is 0 Å². The van der Waals surface area contributed by atoms with E-state index in [1.54, 1.807) is 30.5 Å². The van der Waals surface area contributed by atoms with Gasteiger partial charge in [-0.1, -0.05) is 18.2 Å². The Kier molecular flexibility index (Phi) is 5.99. The molecule has 0 spiro atoms. The van der Waals surface area contributed by atoms with E-state index < -0.39 is 0 Å². The number of hydrogen-bond acceptors (Lipinski definition) is 4. The molecule has 0 atom stereocenters. The molecule has 2 aromatic carbocycles. The molecule has 6 heteroatoms. The summed E-state index contributed by atoms with van der Waals surface area (Å²) in [6, 6.07) is 16.6. The molecule has 0 radical (unpaired) electrons. The van der Waals surface area contributed by atoms with Gasteiger partial charge < -0.3 is 10.1 Å². The summed E-state index contributed by atoms with van der Waals surface area (Å²) in [5.41, 5.74) is 2.65. The molecule has 0 bridgehead atoms. The van der Waals surface area contributed by atoms with Gasteiger partial charge in [0.05, 0.1) is 11.9 Å². The van der Waals surface area contributed by atoms with Crippen LogP contribution in [0.5, 0.6) is 5.75 Å². The van der Waals surface area contributed by atoms with Gasteiger partial charge in [0.1, 0.15) is 5.75 Å². The molecule has 0 saturated heterocycles. The molecule has 27 heavy (non-hydrogen) atoms. The largest absolute Gasteiger partial charge is 0.484 e. The van der Waals surface area contributed by atoms with E-state index in [9.17, 15) is 9.59 Å². The van der Waals surface area contributed by atoms with Crippen molar-refractivity contribution in [1.82, 2.24) is 15.1 Å². The summed E-state index contributed by atoms with van der Waals surface area (Å²) in [4.78, 5) is 23.1. The second-order valence-electron chi connectivity index (χ2n) is 6.10. The van der Waals surface area contributed by atoms with E-state index in [0.29, 0.717) is 24.3 Å². The highest BCUT2D eigenvalue weighted by Gasteiger charge is 2.05. The zero-order valence-electron chi connectivity index (χ0n) is 15.1. The van der Waals surface area contributed by atoms with Gasteiger partial charge in [0, 0.05) is 18.3 Å². The van der Waals surface area contributed by atoms with Crippen molar-refractivity contribution in [2.75, 3.05) is 13.2 Å². The normalized spacial score (nSPS) is 10.4. The van der Waals surface area contributed by atoms with Crippen molar-refractivity contribution < 1.29 is 14.3 Å². The summed E-state index contributed by atoms with van der Waals surface area (Å²) in [5.74, 6) is 0.357. The van der Waals surface area contributed by atoms with Crippen LogP contribution < -0.4 is 10.1 Å². The van der Waals surface area contributed by atoms with Crippen molar-refractivity contribution in [3.05, 3.63) is 78.1 Å². The quantitative estimate of drug-likeness (QED) is 0.625. The van der Waals surface area contributed by atoms with Crippen LogP contribution in [-0.4, -0.2) is 34.6 Å². The second-order valence-corrected chi connectivity index (χ2v) is 6.10.